The van der Waals surface area contributed by atoms with Crippen molar-refractivity contribution in [1.29, 1.82) is 0 Å². The van der Waals surface area contributed by atoms with Crippen molar-refractivity contribution in [2.75, 3.05) is 49.6 Å². The number of piperidine rings is 1. The molecule has 2 aliphatic heterocycles. The van der Waals surface area contributed by atoms with Gasteiger partial charge in [-0.25, -0.2) is 4.98 Å². The van der Waals surface area contributed by atoms with Gasteiger partial charge in [0, 0.05) is 45.3 Å². The number of likely N-dealkylation sites (N-methyl/N-ethyl adjacent to an activating group) is 1. The monoisotopic (exact) mass is 490 g/mol. The fourth-order valence-corrected chi connectivity index (χ4v) is 4.72. The molecule has 0 bridgehead atoms. The molecule has 2 aromatic heterocycles. The number of primary amides is 1. The highest BCUT2D eigenvalue weighted by Crippen LogP contribution is 2.31. The summed E-state index contributed by atoms with van der Waals surface area (Å²) in [6.45, 7) is 3.95. The van der Waals surface area contributed by atoms with E-state index in [1.807, 2.05) is 36.4 Å². The summed E-state index contributed by atoms with van der Waals surface area (Å²) in [7, 11) is 2.08. The molecular formula is C26H30N6O4. The first-order valence-corrected chi connectivity index (χ1v) is 12.2. The number of nitrogens with two attached hydrogens (primary N) is 1. The summed E-state index contributed by atoms with van der Waals surface area (Å²) in [6.07, 6.45) is 3.81. The van der Waals surface area contributed by atoms with Gasteiger partial charge < -0.3 is 25.2 Å². The zero-order valence-electron chi connectivity index (χ0n) is 20.4. The number of fused-ring (bicyclic) bond motifs is 1. The lowest BCUT2D eigenvalue weighted by molar-refractivity contribution is -0.119. The Kier molecular flexibility index (Phi) is 6.60. The Hall–Kier alpha value is -3.92. The molecule has 0 unspecified atom stereocenters. The summed E-state index contributed by atoms with van der Waals surface area (Å²) in [5, 5.41) is 0. The zero-order chi connectivity index (χ0) is 25.2. The maximum Gasteiger partial charge on any atom is 0.301 e. The lowest BCUT2D eigenvalue weighted by Crippen LogP contribution is -2.45. The van der Waals surface area contributed by atoms with Crippen molar-refractivity contribution < 1.29 is 14.3 Å². The molecule has 188 valence electrons. The molecule has 0 atom stereocenters. The van der Waals surface area contributed by atoms with Crippen LogP contribution in [0.4, 0.5) is 11.4 Å². The van der Waals surface area contributed by atoms with Gasteiger partial charge in [0.05, 0.1) is 11.4 Å². The fraction of sp³-hybridized carbons (Fsp3) is 0.385. The number of ether oxygens (including phenoxy) is 1. The predicted molar refractivity (Wildman–Crippen MR) is 137 cm³/mol. The molecule has 0 spiro atoms. The molecule has 2 saturated heterocycles. The smallest absolute Gasteiger partial charge is 0.301 e. The van der Waals surface area contributed by atoms with Gasteiger partial charge in [-0.2, -0.15) is 0 Å². The van der Waals surface area contributed by atoms with Crippen molar-refractivity contribution in [3.63, 3.8) is 0 Å². The second-order valence-corrected chi connectivity index (χ2v) is 9.30. The number of nitrogens with zero attached hydrogens (tertiary/aromatic N) is 5. The van der Waals surface area contributed by atoms with E-state index in [9.17, 15) is 14.4 Å². The van der Waals surface area contributed by atoms with Gasteiger partial charge in [0.2, 0.25) is 11.7 Å². The van der Waals surface area contributed by atoms with Gasteiger partial charge in [0.25, 0.3) is 5.91 Å². The van der Waals surface area contributed by atoms with Crippen molar-refractivity contribution in [3.8, 4) is 5.75 Å². The van der Waals surface area contributed by atoms with Crippen molar-refractivity contribution in [2.24, 2.45) is 5.73 Å². The van der Waals surface area contributed by atoms with Crippen molar-refractivity contribution in [1.82, 2.24) is 14.3 Å². The van der Waals surface area contributed by atoms with E-state index in [0.717, 1.165) is 50.3 Å². The molecular weight excluding hydrogens is 460 g/mol. The molecule has 36 heavy (non-hydrogen) atoms. The lowest BCUT2D eigenvalue weighted by atomic mass is 10.1. The lowest BCUT2D eigenvalue weighted by Gasteiger charge is -2.35. The van der Waals surface area contributed by atoms with Crippen LogP contribution < -0.4 is 25.8 Å². The van der Waals surface area contributed by atoms with E-state index in [1.54, 1.807) is 11.1 Å². The zero-order valence-corrected chi connectivity index (χ0v) is 20.4. The molecule has 2 aliphatic rings. The van der Waals surface area contributed by atoms with Gasteiger partial charge in [0.1, 0.15) is 6.61 Å². The number of piperazine rings is 1. The summed E-state index contributed by atoms with van der Waals surface area (Å²) in [5.74, 6) is -1.09. The van der Waals surface area contributed by atoms with E-state index in [4.69, 9.17) is 10.5 Å². The van der Waals surface area contributed by atoms with Gasteiger partial charge in [-0.3, -0.25) is 18.8 Å². The number of rotatable bonds is 6. The number of aromatic nitrogens is 2. The highest BCUT2D eigenvalue weighted by atomic mass is 16.5. The average Bonchev–Trinajstić information content (AvgIpc) is 2.89. The summed E-state index contributed by atoms with van der Waals surface area (Å²) in [5.41, 5.74) is 7.23. The third-order valence-electron chi connectivity index (χ3n) is 6.79. The summed E-state index contributed by atoms with van der Waals surface area (Å²) < 4.78 is 7.22. The van der Waals surface area contributed by atoms with Gasteiger partial charge in [-0.1, -0.05) is 30.3 Å². The number of carbonyl (C=O) groups is 2. The highest BCUT2D eigenvalue weighted by Gasteiger charge is 2.28. The second-order valence-electron chi connectivity index (χ2n) is 9.30. The topological polar surface area (TPSA) is 113 Å². The molecule has 0 saturated carbocycles. The van der Waals surface area contributed by atoms with E-state index in [0.29, 0.717) is 18.7 Å². The van der Waals surface area contributed by atoms with Gasteiger partial charge in [0.15, 0.2) is 11.3 Å². The minimum atomic E-state index is -0.864. The van der Waals surface area contributed by atoms with E-state index < -0.39 is 11.5 Å². The van der Waals surface area contributed by atoms with Gasteiger partial charge in [-0.05, 0) is 31.5 Å². The number of amides is 2. The average molecular weight is 491 g/mol. The Morgan fingerprint density at radius 3 is 2.50 bits per heavy atom. The summed E-state index contributed by atoms with van der Waals surface area (Å²) in [4.78, 5) is 49.6. The maximum atomic E-state index is 13.7. The molecule has 2 fully saturated rings. The van der Waals surface area contributed by atoms with E-state index in [-0.39, 0.29) is 29.6 Å². The number of anilines is 2. The second kappa shape index (κ2) is 9.98. The maximum absolute atomic E-state index is 13.7. The molecule has 3 aromatic rings. The van der Waals surface area contributed by atoms with Crippen LogP contribution in [0.25, 0.3) is 5.65 Å². The van der Waals surface area contributed by atoms with E-state index in [2.05, 4.69) is 21.8 Å². The van der Waals surface area contributed by atoms with E-state index >= 15 is 0 Å². The third kappa shape index (κ3) is 4.64. The number of carbonyl (C=O) groups excluding carboxylic acids is 2. The molecule has 2 amide bonds. The molecule has 0 aliphatic carbocycles. The Morgan fingerprint density at radius 1 is 1.06 bits per heavy atom. The fourth-order valence-electron chi connectivity index (χ4n) is 4.72. The van der Waals surface area contributed by atoms with Crippen LogP contribution in [0, 0.1) is 0 Å². The quantitative estimate of drug-likeness (QED) is 0.559. The minimum absolute atomic E-state index is 0.0297. The summed E-state index contributed by atoms with van der Waals surface area (Å²) >= 11 is 0. The highest BCUT2D eigenvalue weighted by molar-refractivity contribution is 5.99. The molecule has 10 heteroatoms. The van der Waals surface area contributed by atoms with Crippen LogP contribution in [0.2, 0.25) is 0 Å². The first-order chi connectivity index (χ1) is 17.4. The Balaban J connectivity index is 1.66. The number of pyridine rings is 1. The molecule has 5 rings (SSSR count). The summed E-state index contributed by atoms with van der Waals surface area (Å²) in [6, 6.07) is 11.2. The van der Waals surface area contributed by atoms with Crippen LogP contribution in [-0.2, 0) is 11.4 Å². The van der Waals surface area contributed by atoms with Crippen molar-refractivity contribution in [2.45, 2.75) is 25.9 Å². The van der Waals surface area contributed by atoms with Crippen LogP contribution in [0.3, 0.4) is 0 Å². The first-order valence-electron chi connectivity index (χ1n) is 12.2. The number of hydrogen-bond acceptors (Lipinski definition) is 7. The number of hydrogen-bond donors (Lipinski definition) is 1. The molecule has 4 heterocycles. The van der Waals surface area contributed by atoms with Crippen LogP contribution in [0.5, 0.6) is 5.75 Å². The third-order valence-corrected chi connectivity index (χ3v) is 6.79. The molecule has 2 N–H and O–H groups in total. The van der Waals surface area contributed by atoms with Crippen LogP contribution >= 0.6 is 0 Å². The first kappa shape index (κ1) is 23.8. The molecule has 0 radical (unpaired) electrons. The molecule has 10 nitrogen and oxygen atoms in total. The Bertz CT molecular complexity index is 1350. The predicted octanol–water partition coefficient (Wildman–Crippen LogP) is 1.64. The van der Waals surface area contributed by atoms with Crippen LogP contribution in [-0.4, -0.2) is 65.9 Å². The van der Waals surface area contributed by atoms with Gasteiger partial charge >= 0.3 is 5.56 Å². The minimum Gasteiger partial charge on any atom is -0.481 e. The van der Waals surface area contributed by atoms with Crippen LogP contribution in [0.15, 0.2) is 47.4 Å². The Morgan fingerprint density at radius 2 is 1.81 bits per heavy atom. The van der Waals surface area contributed by atoms with Crippen LogP contribution in [0.1, 0.15) is 35.3 Å². The molecule has 1 aromatic carbocycles. The van der Waals surface area contributed by atoms with E-state index in [1.165, 1.54) is 4.40 Å². The largest absolute Gasteiger partial charge is 0.481 e. The van der Waals surface area contributed by atoms with Gasteiger partial charge in [-0.15, -0.1) is 0 Å². The van der Waals surface area contributed by atoms with Crippen molar-refractivity contribution in [3.05, 3.63) is 64.2 Å². The number of benzene rings is 1. The normalized spacial score (nSPS) is 17.0. The van der Waals surface area contributed by atoms with Crippen molar-refractivity contribution >= 4 is 28.8 Å². The SMILES string of the molecule is CN1CCN(c2cc(N3CCCCC3=O)c3nc(C(N)=O)c(OCc4ccccc4)c(=O)n3c2)CC1. The Labute approximate surface area is 208 Å². The standard InChI is InChI=1S/C26H30N6O4/c1-29-11-13-30(14-12-29)19-15-20(31-10-6-5-9-21(31)33)25-28-22(24(27)34)23(26(35)32(25)16-19)36-17-18-7-3-2-4-8-18/h2-4,7-8,15-16H,5-6,9-14,17H2,1H3,(H2,27,34).